The van der Waals surface area contributed by atoms with Gasteiger partial charge in [-0.15, -0.1) is 0 Å². The first kappa shape index (κ1) is 21.9. The predicted octanol–water partition coefficient (Wildman–Crippen LogP) is 4.46. The summed E-state index contributed by atoms with van der Waals surface area (Å²) in [6.45, 7) is 2.08. The van der Waals surface area contributed by atoms with Crippen molar-refractivity contribution in [1.82, 2.24) is 10.2 Å². The zero-order chi connectivity index (χ0) is 21.8. The molecule has 0 saturated carbocycles. The van der Waals surface area contributed by atoms with E-state index in [0.29, 0.717) is 29.1 Å². The highest BCUT2D eigenvalue weighted by Gasteiger charge is 2.30. The number of amides is 2. The van der Waals surface area contributed by atoms with Crippen LogP contribution < -0.4 is 10.2 Å². The topological polar surface area (TPSA) is 52.7 Å². The van der Waals surface area contributed by atoms with E-state index in [9.17, 15) is 9.59 Å². The molecule has 2 aliphatic heterocycles. The Kier molecular flexibility index (Phi) is 7.00. The second kappa shape index (κ2) is 9.90. The third-order valence-corrected chi connectivity index (χ3v) is 7.27. The average Bonchev–Trinajstić information content (AvgIpc) is 3.17. The summed E-state index contributed by atoms with van der Waals surface area (Å²) in [6.07, 6.45) is 4.75. The van der Waals surface area contributed by atoms with Crippen molar-refractivity contribution in [2.75, 3.05) is 25.0 Å². The maximum atomic E-state index is 13.3. The quantitative estimate of drug-likeness (QED) is 0.653. The van der Waals surface area contributed by atoms with E-state index in [2.05, 4.69) is 17.3 Å². The maximum Gasteiger partial charge on any atom is 0.265 e. The van der Waals surface area contributed by atoms with Crippen LogP contribution in [0.1, 0.15) is 24.8 Å². The molecule has 2 aromatic carbocycles. The molecule has 4 rings (SSSR count). The predicted molar refractivity (Wildman–Crippen MR) is 126 cm³/mol. The Morgan fingerprint density at radius 1 is 1.23 bits per heavy atom. The molecule has 0 aliphatic carbocycles. The molecule has 5 nitrogen and oxygen atoms in total. The fraction of sp³-hybridized carbons (Fsp3) is 0.333. The van der Waals surface area contributed by atoms with Crippen LogP contribution in [0.5, 0.6) is 0 Å². The van der Waals surface area contributed by atoms with Gasteiger partial charge in [0.25, 0.3) is 5.91 Å². The van der Waals surface area contributed by atoms with Crippen molar-refractivity contribution in [2.45, 2.75) is 36.7 Å². The molecular weight excluding hydrogens is 430 g/mol. The number of rotatable bonds is 6. The highest BCUT2D eigenvalue weighted by atomic mass is 35.5. The number of hydrogen-bond acceptors (Lipinski definition) is 4. The lowest BCUT2D eigenvalue weighted by molar-refractivity contribution is -0.118. The van der Waals surface area contributed by atoms with Gasteiger partial charge in [0.1, 0.15) is 0 Å². The number of likely N-dealkylation sites (tertiary alicyclic amines) is 1. The number of hydrogen-bond donors (Lipinski definition) is 1. The summed E-state index contributed by atoms with van der Waals surface area (Å²) in [5.74, 6) is -0.414. The molecule has 0 aromatic heterocycles. The molecule has 162 valence electrons. The monoisotopic (exact) mass is 455 g/mol. The van der Waals surface area contributed by atoms with Crippen molar-refractivity contribution < 1.29 is 9.59 Å². The van der Waals surface area contributed by atoms with Crippen LogP contribution in [0, 0.1) is 0 Å². The highest BCUT2D eigenvalue weighted by molar-refractivity contribution is 8.04. The Bertz CT molecular complexity index is 1010. The molecule has 0 bridgehead atoms. The number of nitrogens with one attached hydrogen (secondary N) is 1. The molecule has 31 heavy (non-hydrogen) atoms. The SMILES string of the molecule is CN1CCC[C@@H]1CCNC(=O)/C=C1/Sc2ccccc2N(Cc2ccccc2Cl)C1=O. The van der Waals surface area contributed by atoms with Gasteiger partial charge in [-0.3, -0.25) is 9.59 Å². The minimum Gasteiger partial charge on any atom is -0.352 e. The number of carbonyl (C=O) groups excluding carboxylic acids is 2. The molecular formula is C24H26ClN3O2S. The third kappa shape index (κ3) is 5.14. The van der Waals surface area contributed by atoms with E-state index in [4.69, 9.17) is 11.6 Å². The molecule has 0 unspecified atom stereocenters. The van der Waals surface area contributed by atoms with Gasteiger partial charge in [-0.25, -0.2) is 0 Å². The molecule has 2 aliphatic rings. The van der Waals surface area contributed by atoms with Gasteiger partial charge in [-0.1, -0.05) is 53.7 Å². The zero-order valence-corrected chi connectivity index (χ0v) is 19.1. The summed E-state index contributed by atoms with van der Waals surface area (Å²) < 4.78 is 0. The molecule has 0 spiro atoms. The summed E-state index contributed by atoms with van der Waals surface area (Å²) in [6, 6.07) is 15.8. The molecule has 2 heterocycles. The van der Waals surface area contributed by atoms with Crippen LogP contribution in [0.15, 0.2) is 64.4 Å². The molecule has 0 radical (unpaired) electrons. The normalized spacial score (nSPS) is 20.2. The second-order valence-electron chi connectivity index (χ2n) is 7.92. The number of fused-ring (bicyclic) bond motifs is 1. The van der Waals surface area contributed by atoms with Gasteiger partial charge in [0.2, 0.25) is 5.91 Å². The lowest BCUT2D eigenvalue weighted by atomic mass is 10.1. The number of anilines is 1. The van der Waals surface area contributed by atoms with Crippen molar-refractivity contribution in [2.24, 2.45) is 0 Å². The van der Waals surface area contributed by atoms with Crippen molar-refractivity contribution >= 4 is 40.9 Å². The van der Waals surface area contributed by atoms with E-state index in [-0.39, 0.29) is 11.8 Å². The van der Waals surface area contributed by atoms with E-state index < -0.39 is 0 Å². The number of benzene rings is 2. The second-order valence-corrected chi connectivity index (χ2v) is 9.41. The van der Waals surface area contributed by atoms with Crippen LogP contribution in [-0.2, 0) is 16.1 Å². The summed E-state index contributed by atoms with van der Waals surface area (Å²) in [5.41, 5.74) is 1.70. The van der Waals surface area contributed by atoms with Crippen LogP contribution in [0.2, 0.25) is 5.02 Å². The largest absolute Gasteiger partial charge is 0.352 e. The lowest BCUT2D eigenvalue weighted by Crippen LogP contribution is -2.35. The zero-order valence-electron chi connectivity index (χ0n) is 17.5. The fourth-order valence-electron chi connectivity index (χ4n) is 4.09. The van der Waals surface area contributed by atoms with E-state index in [1.54, 1.807) is 4.90 Å². The van der Waals surface area contributed by atoms with Gasteiger partial charge in [-0.05, 0) is 56.6 Å². The van der Waals surface area contributed by atoms with E-state index in [1.165, 1.54) is 30.7 Å². The molecule has 2 amide bonds. The van der Waals surface area contributed by atoms with Crippen molar-refractivity contribution in [3.05, 3.63) is 70.1 Å². The number of carbonyl (C=O) groups is 2. The van der Waals surface area contributed by atoms with Crippen LogP contribution >= 0.6 is 23.4 Å². The first-order chi connectivity index (χ1) is 15.0. The summed E-state index contributed by atoms with van der Waals surface area (Å²) in [4.78, 5) is 31.2. The van der Waals surface area contributed by atoms with E-state index >= 15 is 0 Å². The fourth-order valence-corrected chi connectivity index (χ4v) is 5.32. The molecule has 1 atom stereocenters. The van der Waals surface area contributed by atoms with Crippen LogP contribution in [0.4, 0.5) is 5.69 Å². The van der Waals surface area contributed by atoms with Gasteiger partial charge < -0.3 is 15.1 Å². The molecule has 7 heteroatoms. The Balaban J connectivity index is 1.48. The van der Waals surface area contributed by atoms with Crippen molar-refractivity contribution in [1.29, 1.82) is 0 Å². The van der Waals surface area contributed by atoms with Gasteiger partial charge in [0.15, 0.2) is 0 Å². The minimum atomic E-state index is -0.228. The van der Waals surface area contributed by atoms with Gasteiger partial charge in [0, 0.05) is 28.6 Å². The summed E-state index contributed by atoms with van der Waals surface area (Å²) >= 11 is 7.67. The van der Waals surface area contributed by atoms with E-state index in [0.717, 1.165) is 29.1 Å². The van der Waals surface area contributed by atoms with Gasteiger partial charge in [0.05, 0.1) is 17.1 Å². The smallest absolute Gasteiger partial charge is 0.265 e. The number of nitrogens with zero attached hydrogens (tertiary/aromatic N) is 2. The van der Waals surface area contributed by atoms with Crippen molar-refractivity contribution in [3.8, 4) is 0 Å². The standard InChI is InChI=1S/C24H26ClN3O2S/c1-27-14-6-8-18(27)12-13-26-23(29)15-22-24(30)28(16-17-7-2-3-9-19(17)25)20-10-4-5-11-21(20)31-22/h2-5,7,9-11,15,18H,6,8,12-14,16H2,1H3,(H,26,29)/b22-15+/t18-/m1/s1. The Morgan fingerprint density at radius 3 is 2.77 bits per heavy atom. The van der Waals surface area contributed by atoms with Gasteiger partial charge in [-0.2, -0.15) is 0 Å². The molecule has 2 aromatic rings. The lowest BCUT2D eigenvalue weighted by Gasteiger charge is -2.30. The highest BCUT2D eigenvalue weighted by Crippen LogP contribution is 2.42. The van der Waals surface area contributed by atoms with Crippen LogP contribution in [0.25, 0.3) is 0 Å². The maximum absolute atomic E-state index is 13.3. The minimum absolute atomic E-state index is 0.186. The van der Waals surface area contributed by atoms with Gasteiger partial charge >= 0.3 is 0 Å². The van der Waals surface area contributed by atoms with Crippen molar-refractivity contribution in [3.63, 3.8) is 0 Å². The molecule has 1 fully saturated rings. The number of thioether (sulfide) groups is 1. The van der Waals surface area contributed by atoms with E-state index in [1.807, 2.05) is 48.5 Å². The summed E-state index contributed by atoms with van der Waals surface area (Å²) in [7, 11) is 2.13. The summed E-state index contributed by atoms with van der Waals surface area (Å²) in [5, 5.41) is 3.57. The molecule has 1 saturated heterocycles. The Labute approximate surface area is 192 Å². The number of para-hydroxylation sites is 1. The van der Waals surface area contributed by atoms with Crippen LogP contribution in [-0.4, -0.2) is 42.9 Å². The molecule has 1 N–H and O–H groups in total. The number of halogens is 1. The first-order valence-corrected chi connectivity index (χ1v) is 11.7. The Morgan fingerprint density at radius 2 is 2.00 bits per heavy atom. The first-order valence-electron chi connectivity index (χ1n) is 10.5. The van der Waals surface area contributed by atoms with Crippen LogP contribution in [0.3, 0.4) is 0 Å². The third-order valence-electron chi connectivity index (χ3n) is 5.83. The Hall–Kier alpha value is -2.28. The average molecular weight is 456 g/mol.